The molecule has 86 valence electrons. The molecule has 0 aromatic rings. The molecule has 0 aliphatic rings. The summed E-state index contributed by atoms with van der Waals surface area (Å²) in [4.78, 5) is 0. The van der Waals surface area contributed by atoms with E-state index in [4.69, 9.17) is 0 Å². The van der Waals surface area contributed by atoms with E-state index in [0.29, 0.717) is 12.8 Å². The predicted molar refractivity (Wildman–Crippen MR) is 60.3 cm³/mol. The normalized spacial score (nSPS) is 20.1. The molecule has 0 rings (SSSR count). The van der Waals surface area contributed by atoms with Gasteiger partial charge in [0.1, 0.15) is 0 Å². The monoisotopic (exact) mass is 202 g/mol. The Hall–Kier alpha value is -0.0800. The molecule has 0 saturated heterocycles. The van der Waals surface area contributed by atoms with Crippen molar-refractivity contribution in [3.05, 3.63) is 0 Å². The van der Waals surface area contributed by atoms with Gasteiger partial charge in [-0.15, -0.1) is 0 Å². The molecule has 0 aliphatic heterocycles. The number of hydrogen-bond acceptors (Lipinski definition) is 2. The summed E-state index contributed by atoms with van der Waals surface area (Å²) in [5, 5.41) is 19.9. The zero-order valence-electron chi connectivity index (χ0n) is 10.1. The van der Waals surface area contributed by atoms with Gasteiger partial charge in [-0.3, -0.25) is 0 Å². The molecular weight excluding hydrogens is 176 g/mol. The van der Waals surface area contributed by atoms with Gasteiger partial charge >= 0.3 is 0 Å². The fraction of sp³-hybridized carbons (Fsp3) is 1.00. The lowest BCUT2D eigenvalue weighted by atomic mass is 9.87. The lowest BCUT2D eigenvalue weighted by Gasteiger charge is -2.29. The van der Waals surface area contributed by atoms with Gasteiger partial charge in [-0.05, 0) is 39.5 Å². The van der Waals surface area contributed by atoms with E-state index in [1.807, 2.05) is 13.8 Å². The standard InChI is InChI=1S/C12H26O2/c1-5-7-11(3,13)9-10-12(4,14)8-6-2/h13-14H,5-10H2,1-4H3/t11-,12-/m1/s1. The molecule has 0 amide bonds. The third-order valence-electron chi connectivity index (χ3n) is 2.78. The first kappa shape index (κ1) is 13.9. The molecule has 0 aromatic carbocycles. The predicted octanol–water partition coefficient (Wildman–Crippen LogP) is 2.87. The van der Waals surface area contributed by atoms with Crippen molar-refractivity contribution < 1.29 is 10.2 Å². The molecule has 2 heteroatoms. The summed E-state index contributed by atoms with van der Waals surface area (Å²) in [7, 11) is 0. The molecule has 2 nitrogen and oxygen atoms in total. The largest absolute Gasteiger partial charge is 0.390 e. The summed E-state index contributed by atoms with van der Waals surface area (Å²) < 4.78 is 0. The molecule has 0 aromatic heterocycles. The Morgan fingerprint density at radius 3 is 1.21 bits per heavy atom. The van der Waals surface area contributed by atoms with Crippen molar-refractivity contribution in [1.29, 1.82) is 0 Å². The van der Waals surface area contributed by atoms with Crippen LogP contribution in [0.5, 0.6) is 0 Å². The smallest absolute Gasteiger partial charge is 0.0620 e. The average molecular weight is 202 g/mol. The lowest BCUT2D eigenvalue weighted by molar-refractivity contribution is -0.0113. The zero-order chi connectivity index (χ0) is 11.2. The average Bonchev–Trinajstić information content (AvgIpc) is 2.01. The number of hydrogen-bond donors (Lipinski definition) is 2. The summed E-state index contributed by atoms with van der Waals surface area (Å²) in [6.45, 7) is 7.86. The van der Waals surface area contributed by atoms with Crippen LogP contribution in [-0.2, 0) is 0 Å². The summed E-state index contributed by atoms with van der Waals surface area (Å²) in [5.74, 6) is 0. The van der Waals surface area contributed by atoms with Crippen LogP contribution in [0.2, 0.25) is 0 Å². The lowest BCUT2D eigenvalue weighted by Crippen LogP contribution is -2.31. The van der Waals surface area contributed by atoms with Gasteiger partial charge in [-0.2, -0.15) is 0 Å². The second kappa shape index (κ2) is 5.72. The fourth-order valence-electron chi connectivity index (χ4n) is 1.87. The van der Waals surface area contributed by atoms with Crippen LogP contribution in [-0.4, -0.2) is 21.4 Å². The highest BCUT2D eigenvalue weighted by atomic mass is 16.3. The van der Waals surface area contributed by atoms with E-state index in [2.05, 4.69) is 13.8 Å². The fourth-order valence-corrected chi connectivity index (χ4v) is 1.87. The highest BCUT2D eigenvalue weighted by molar-refractivity contribution is 4.79. The Morgan fingerprint density at radius 1 is 0.714 bits per heavy atom. The van der Waals surface area contributed by atoms with Crippen LogP contribution in [0.15, 0.2) is 0 Å². The molecule has 0 heterocycles. The first-order chi connectivity index (χ1) is 6.33. The van der Waals surface area contributed by atoms with E-state index in [9.17, 15) is 10.2 Å². The highest BCUT2D eigenvalue weighted by Gasteiger charge is 2.25. The van der Waals surface area contributed by atoms with Gasteiger partial charge < -0.3 is 10.2 Å². The highest BCUT2D eigenvalue weighted by Crippen LogP contribution is 2.25. The van der Waals surface area contributed by atoms with Crippen molar-refractivity contribution in [2.24, 2.45) is 0 Å². The van der Waals surface area contributed by atoms with Gasteiger partial charge in [0.2, 0.25) is 0 Å². The van der Waals surface area contributed by atoms with Crippen molar-refractivity contribution in [1.82, 2.24) is 0 Å². The van der Waals surface area contributed by atoms with Crippen molar-refractivity contribution in [2.75, 3.05) is 0 Å². The number of aliphatic hydroxyl groups is 2. The summed E-state index contributed by atoms with van der Waals surface area (Å²) in [6, 6.07) is 0. The van der Waals surface area contributed by atoms with Gasteiger partial charge in [0.25, 0.3) is 0 Å². The Labute approximate surface area is 88.3 Å². The molecule has 14 heavy (non-hydrogen) atoms. The summed E-state index contributed by atoms with van der Waals surface area (Å²) in [5.41, 5.74) is -1.21. The topological polar surface area (TPSA) is 40.5 Å². The number of rotatable bonds is 7. The minimum absolute atomic E-state index is 0.605. The summed E-state index contributed by atoms with van der Waals surface area (Å²) >= 11 is 0. The molecule has 0 radical (unpaired) electrons. The van der Waals surface area contributed by atoms with Gasteiger partial charge in [0.15, 0.2) is 0 Å². The quantitative estimate of drug-likeness (QED) is 0.666. The van der Waals surface area contributed by atoms with Crippen LogP contribution in [0, 0.1) is 0 Å². The third-order valence-corrected chi connectivity index (χ3v) is 2.78. The molecular formula is C12H26O2. The van der Waals surface area contributed by atoms with Gasteiger partial charge in [-0.25, -0.2) is 0 Å². The first-order valence-corrected chi connectivity index (χ1v) is 5.78. The van der Waals surface area contributed by atoms with Gasteiger partial charge in [-0.1, -0.05) is 26.7 Å². The second-order valence-electron chi connectivity index (χ2n) is 4.99. The second-order valence-corrected chi connectivity index (χ2v) is 4.99. The van der Waals surface area contributed by atoms with Crippen LogP contribution in [0.4, 0.5) is 0 Å². The van der Waals surface area contributed by atoms with Crippen LogP contribution < -0.4 is 0 Å². The molecule has 2 atom stereocenters. The van der Waals surface area contributed by atoms with E-state index in [1.165, 1.54) is 0 Å². The van der Waals surface area contributed by atoms with E-state index < -0.39 is 11.2 Å². The van der Waals surface area contributed by atoms with Crippen LogP contribution in [0.25, 0.3) is 0 Å². The van der Waals surface area contributed by atoms with Crippen molar-refractivity contribution >= 4 is 0 Å². The van der Waals surface area contributed by atoms with Crippen molar-refractivity contribution in [2.45, 2.75) is 77.4 Å². The van der Waals surface area contributed by atoms with Crippen LogP contribution in [0.1, 0.15) is 66.2 Å². The third kappa shape index (κ3) is 6.39. The van der Waals surface area contributed by atoms with Crippen molar-refractivity contribution in [3.63, 3.8) is 0 Å². The van der Waals surface area contributed by atoms with E-state index >= 15 is 0 Å². The maximum absolute atomic E-state index is 9.93. The first-order valence-electron chi connectivity index (χ1n) is 5.78. The Balaban J connectivity index is 3.90. The van der Waals surface area contributed by atoms with Crippen LogP contribution >= 0.6 is 0 Å². The molecule has 0 saturated carbocycles. The van der Waals surface area contributed by atoms with E-state index in [1.54, 1.807) is 0 Å². The molecule has 2 N–H and O–H groups in total. The molecule has 0 fully saturated rings. The minimum atomic E-state index is -0.605. The Morgan fingerprint density at radius 2 is 1.00 bits per heavy atom. The Kier molecular flexibility index (Phi) is 5.68. The minimum Gasteiger partial charge on any atom is -0.390 e. The van der Waals surface area contributed by atoms with Crippen molar-refractivity contribution in [3.8, 4) is 0 Å². The SMILES string of the molecule is CCC[C@@](C)(O)CC[C@](C)(O)CCC. The zero-order valence-corrected chi connectivity index (χ0v) is 10.1. The van der Waals surface area contributed by atoms with E-state index in [-0.39, 0.29) is 0 Å². The van der Waals surface area contributed by atoms with Crippen LogP contribution in [0.3, 0.4) is 0 Å². The van der Waals surface area contributed by atoms with E-state index in [0.717, 1.165) is 25.7 Å². The molecule has 0 spiro atoms. The van der Waals surface area contributed by atoms with Gasteiger partial charge in [0, 0.05) is 0 Å². The summed E-state index contributed by atoms with van der Waals surface area (Å²) in [6.07, 6.45) is 4.98. The maximum Gasteiger partial charge on any atom is 0.0620 e. The Bertz CT molecular complexity index is 132. The van der Waals surface area contributed by atoms with Gasteiger partial charge in [0.05, 0.1) is 11.2 Å². The maximum atomic E-state index is 9.93. The molecule has 0 bridgehead atoms. The molecule has 0 aliphatic carbocycles. The molecule has 0 unspecified atom stereocenters.